The van der Waals surface area contributed by atoms with Gasteiger partial charge < -0.3 is 15.3 Å². The number of nitrogens with one attached hydrogen (secondary N) is 2. The van der Waals surface area contributed by atoms with Crippen molar-refractivity contribution in [1.82, 2.24) is 20.1 Å². The Morgan fingerprint density at radius 3 is 2.88 bits per heavy atom. The zero-order valence-electron chi connectivity index (χ0n) is 9.34. The summed E-state index contributed by atoms with van der Waals surface area (Å²) in [5.74, 6) is 7.72. The van der Waals surface area contributed by atoms with Gasteiger partial charge in [-0.2, -0.15) is 4.98 Å². The van der Waals surface area contributed by atoms with Crippen LogP contribution in [0.15, 0.2) is 16.9 Å². The van der Waals surface area contributed by atoms with Crippen LogP contribution in [-0.2, 0) is 6.42 Å². The number of anilines is 2. The van der Waals surface area contributed by atoms with E-state index in [1.165, 1.54) is 6.33 Å². The number of aromatic nitrogens is 4. The third-order valence-corrected chi connectivity index (χ3v) is 2.04. The number of nitrogens with zero attached hydrogens (tertiary/aromatic N) is 4. The molecule has 90 valence electrons. The summed E-state index contributed by atoms with van der Waals surface area (Å²) in [4.78, 5) is 12.0. The van der Waals surface area contributed by atoms with E-state index in [1.807, 2.05) is 0 Å². The van der Waals surface area contributed by atoms with Crippen molar-refractivity contribution >= 4 is 11.6 Å². The Hall–Kier alpha value is -2.22. The third-order valence-electron chi connectivity index (χ3n) is 2.04. The molecule has 2 heterocycles. The maximum Gasteiger partial charge on any atom is 0.223 e. The van der Waals surface area contributed by atoms with Crippen LogP contribution in [0.2, 0.25) is 0 Å². The summed E-state index contributed by atoms with van der Waals surface area (Å²) in [7, 11) is 0. The number of nitrogens with two attached hydrogens (primary N) is 1. The van der Waals surface area contributed by atoms with Crippen molar-refractivity contribution in [3.8, 4) is 0 Å². The van der Waals surface area contributed by atoms with Gasteiger partial charge in [0, 0.05) is 26.0 Å². The molecule has 0 aliphatic carbocycles. The van der Waals surface area contributed by atoms with Gasteiger partial charge in [0.15, 0.2) is 5.82 Å². The second kappa shape index (κ2) is 5.21. The highest BCUT2D eigenvalue weighted by atomic mass is 16.5. The Balaban J connectivity index is 1.85. The molecular weight excluding hydrogens is 222 g/mol. The minimum Gasteiger partial charge on any atom is -0.369 e. The van der Waals surface area contributed by atoms with Gasteiger partial charge in [-0.25, -0.2) is 15.8 Å². The van der Waals surface area contributed by atoms with Crippen LogP contribution in [0.3, 0.4) is 0 Å². The standard InChI is InChI=1S/C9H13N7O/c1-6-14-7(16-17-6)2-3-11-8-4-9(15-10)13-5-12-8/h4-5H,2-3,10H2,1H3,(H2,11,12,13,15). The van der Waals surface area contributed by atoms with Gasteiger partial charge >= 0.3 is 0 Å². The molecule has 0 spiro atoms. The summed E-state index contributed by atoms with van der Waals surface area (Å²) in [5, 5.41) is 6.90. The van der Waals surface area contributed by atoms with Gasteiger partial charge in [0.2, 0.25) is 5.89 Å². The molecule has 0 saturated heterocycles. The molecule has 0 bridgehead atoms. The Morgan fingerprint density at radius 1 is 1.35 bits per heavy atom. The molecule has 0 amide bonds. The van der Waals surface area contributed by atoms with Crippen LogP contribution in [0.4, 0.5) is 11.6 Å². The normalized spacial score (nSPS) is 10.2. The first kappa shape index (κ1) is 11.3. The fourth-order valence-corrected chi connectivity index (χ4v) is 1.28. The van der Waals surface area contributed by atoms with Crippen molar-refractivity contribution in [2.75, 3.05) is 17.3 Å². The van der Waals surface area contributed by atoms with Crippen LogP contribution >= 0.6 is 0 Å². The van der Waals surface area contributed by atoms with Gasteiger partial charge in [-0.1, -0.05) is 5.16 Å². The highest BCUT2D eigenvalue weighted by Gasteiger charge is 2.02. The van der Waals surface area contributed by atoms with Crippen LogP contribution in [0.1, 0.15) is 11.7 Å². The minimum absolute atomic E-state index is 0.554. The van der Waals surface area contributed by atoms with Crippen molar-refractivity contribution in [3.05, 3.63) is 24.1 Å². The van der Waals surface area contributed by atoms with Gasteiger partial charge in [-0.05, 0) is 0 Å². The summed E-state index contributed by atoms with van der Waals surface area (Å²) in [5.41, 5.74) is 2.45. The third kappa shape index (κ3) is 3.11. The topological polar surface area (TPSA) is 115 Å². The summed E-state index contributed by atoms with van der Waals surface area (Å²) < 4.78 is 4.86. The molecule has 0 aliphatic rings. The Morgan fingerprint density at radius 2 is 2.18 bits per heavy atom. The van der Waals surface area contributed by atoms with Crippen LogP contribution < -0.4 is 16.6 Å². The lowest BCUT2D eigenvalue weighted by molar-refractivity contribution is 0.387. The van der Waals surface area contributed by atoms with Gasteiger partial charge in [0.1, 0.15) is 18.0 Å². The summed E-state index contributed by atoms with van der Waals surface area (Å²) in [6.45, 7) is 2.41. The first-order chi connectivity index (χ1) is 8.28. The number of rotatable bonds is 5. The molecule has 0 atom stereocenters. The second-order valence-corrected chi connectivity index (χ2v) is 3.34. The van der Waals surface area contributed by atoms with Crippen LogP contribution in [0.5, 0.6) is 0 Å². The quantitative estimate of drug-likeness (QED) is 0.494. The predicted molar refractivity (Wildman–Crippen MR) is 61.1 cm³/mol. The van der Waals surface area contributed by atoms with E-state index in [2.05, 4.69) is 30.9 Å². The zero-order chi connectivity index (χ0) is 12.1. The van der Waals surface area contributed by atoms with E-state index in [0.29, 0.717) is 36.3 Å². The van der Waals surface area contributed by atoms with Crippen LogP contribution in [-0.4, -0.2) is 26.7 Å². The molecule has 17 heavy (non-hydrogen) atoms. The monoisotopic (exact) mass is 235 g/mol. The van der Waals surface area contributed by atoms with Gasteiger partial charge in [0.25, 0.3) is 0 Å². The molecule has 0 aliphatic heterocycles. The fraction of sp³-hybridized carbons (Fsp3) is 0.333. The van der Waals surface area contributed by atoms with E-state index in [0.717, 1.165) is 0 Å². The largest absolute Gasteiger partial charge is 0.369 e. The molecule has 0 saturated carbocycles. The first-order valence-electron chi connectivity index (χ1n) is 5.09. The average Bonchev–Trinajstić information content (AvgIpc) is 2.75. The Kier molecular flexibility index (Phi) is 3.46. The molecule has 4 N–H and O–H groups in total. The molecule has 2 aromatic heterocycles. The van der Waals surface area contributed by atoms with E-state index in [9.17, 15) is 0 Å². The molecule has 0 radical (unpaired) electrons. The van der Waals surface area contributed by atoms with Crippen molar-refractivity contribution in [2.24, 2.45) is 5.84 Å². The van der Waals surface area contributed by atoms with E-state index in [4.69, 9.17) is 10.4 Å². The number of hydrogen-bond donors (Lipinski definition) is 3. The summed E-state index contributed by atoms with van der Waals surface area (Å²) in [6, 6.07) is 1.71. The Bertz CT molecular complexity index is 484. The van der Waals surface area contributed by atoms with E-state index >= 15 is 0 Å². The van der Waals surface area contributed by atoms with Crippen molar-refractivity contribution in [2.45, 2.75) is 13.3 Å². The smallest absolute Gasteiger partial charge is 0.223 e. The van der Waals surface area contributed by atoms with Crippen molar-refractivity contribution in [3.63, 3.8) is 0 Å². The number of nitrogen functional groups attached to an aromatic ring is 1. The SMILES string of the molecule is Cc1nc(CCNc2cc(NN)ncn2)no1. The van der Waals surface area contributed by atoms with Crippen molar-refractivity contribution in [1.29, 1.82) is 0 Å². The van der Waals surface area contributed by atoms with Crippen LogP contribution in [0, 0.1) is 6.92 Å². The number of hydrogen-bond acceptors (Lipinski definition) is 8. The van der Waals surface area contributed by atoms with Gasteiger partial charge in [0.05, 0.1) is 0 Å². The second-order valence-electron chi connectivity index (χ2n) is 3.34. The van der Waals surface area contributed by atoms with Gasteiger partial charge in [-0.3, -0.25) is 0 Å². The van der Waals surface area contributed by atoms with E-state index in [-0.39, 0.29) is 0 Å². The molecule has 2 aromatic rings. The lowest BCUT2D eigenvalue weighted by atomic mass is 10.4. The highest BCUT2D eigenvalue weighted by molar-refractivity contribution is 5.45. The van der Waals surface area contributed by atoms with E-state index in [1.54, 1.807) is 13.0 Å². The molecule has 2 rings (SSSR count). The summed E-state index contributed by atoms with van der Waals surface area (Å²) in [6.07, 6.45) is 2.09. The lowest BCUT2D eigenvalue weighted by Crippen LogP contribution is -2.11. The molecule has 8 heteroatoms. The summed E-state index contributed by atoms with van der Waals surface area (Å²) >= 11 is 0. The van der Waals surface area contributed by atoms with Crippen LogP contribution in [0.25, 0.3) is 0 Å². The molecule has 0 fully saturated rings. The fourth-order valence-electron chi connectivity index (χ4n) is 1.28. The maximum absolute atomic E-state index is 5.24. The molecule has 0 unspecified atom stereocenters. The predicted octanol–water partition coefficient (Wildman–Crippen LogP) is 0.108. The molecular formula is C9H13N7O. The first-order valence-corrected chi connectivity index (χ1v) is 5.09. The number of hydrazine groups is 1. The molecule has 8 nitrogen and oxygen atoms in total. The Labute approximate surface area is 97.6 Å². The van der Waals surface area contributed by atoms with Gasteiger partial charge in [-0.15, -0.1) is 0 Å². The number of aryl methyl sites for hydroxylation is 1. The maximum atomic E-state index is 5.24. The minimum atomic E-state index is 0.554. The average molecular weight is 235 g/mol. The van der Waals surface area contributed by atoms with E-state index < -0.39 is 0 Å². The highest BCUT2D eigenvalue weighted by Crippen LogP contribution is 2.06. The zero-order valence-corrected chi connectivity index (χ0v) is 9.34. The lowest BCUT2D eigenvalue weighted by Gasteiger charge is -2.04. The molecule has 0 aromatic carbocycles. The van der Waals surface area contributed by atoms with Crippen molar-refractivity contribution < 1.29 is 4.52 Å².